The minimum absolute atomic E-state index is 0. The average Bonchev–Trinajstić information content (AvgIpc) is 3.13. The van der Waals surface area contributed by atoms with Crippen molar-refractivity contribution in [3.8, 4) is 0 Å². The predicted octanol–water partition coefficient (Wildman–Crippen LogP) is 0.711. The Morgan fingerprint density at radius 2 is 1.77 bits per heavy atom. The summed E-state index contributed by atoms with van der Waals surface area (Å²) < 4.78 is 41.3. The van der Waals surface area contributed by atoms with Crippen molar-refractivity contribution in [2.75, 3.05) is 6.54 Å². The summed E-state index contributed by atoms with van der Waals surface area (Å²) >= 11 is 6.00. The first-order chi connectivity index (χ1) is 14.3. The average molecular weight is 474 g/mol. The molecule has 0 radical (unpaired) electrons. The number of hydrogen-bond acceptors (Lipinski definition) is 4. The van der Waals surface area contributed by atoms with Crippen LogP contribution in [0.3, 0.4) is 0 Å². The van der Waals surface area contributed by atoms with Gasteiger partial charge in [-0.05, 0) is 73.6 Å². The number of nitrogens with zero attached hydrogens (tertiary/aromatic N) is 1. The van der Waals surface area contributed by atoms with Crippen LogP contribution in [0.4, 0.5) is 4.39 Å². The fraction of sp³-hybridized carbons (Fsp3) is 0.318. The molecule has 1 saturated heterocycles. The predicted molar refractivity (Wildman–Crippen MR) is 111 cm³/mol. The molecule has 0 aromatic heterocycles. The van der Waals surface area contributed by atoms with Crippen LogP contribution in [0.5, 0.6) is 0 Å². The van der Waals surface area contributed by atoms with Crippen LogP contribution in [0.1, 0.15) is 37.3 Å². The molecule has 1 heterocycles. The summed E-state index contributed by atoms with van der Waals surface area (Å²) in [5.41, 5.74) is 0.829. The number of allylic oxidation sites excluding steroid dienone is 2. The summed E-state index contributed by atoms with van der Waals surface area (Å²) in [4.78, 5) is 10.6. The van der Waals surface area contributed by atoms with Gasteiger partial charge in [-0.15, -0.1) is 0 Å². The first kappa shape index (κ1) is 26.0. The number of carboxylic acids is 1. The van der Waals surface area contributed by atoms with E-state index >= 15 is 0 Å². The van der Waals surface area contributed by atoms with E-state index in [0.717, 1.165) is 17.7 Å². The Kier molecular flexibility index (Phi) is 9.73. The van der Waals surface area contributed by atoms with Gasteiger partial charge >= 0.3 is 29.6 Å². The number of benzene rings is 2. The fourth-order valence-electron chi connectivity index (χ4n) is 3.77. The van der Waals surface area contributed by atoms with E-state index in [2.05, 4.69) is 0 Å². The summed E-state index contributed by atoms with van der Waals surface area (Å²) in [6.07, 6.45) is 5.26. The minimum Gasteiger partial charge on any atom is -0.550 e. The molecule has 0 saturated carbocycles. The third-order valence-electron chi connectivity index (χ3n) is 5.23. The van der Waals surface area contributed by atoms with Gasteiger partial charge in [-0.3, -0.25) is 0 Å². The number of sulfonamides is 1. The summed E-state index contributed by atoms with van der Waals surface area (Å²) in [6, 6.07) is 11.5. The van der Waals surface area contributed by atoms with E-state index in [1.54, 1.807) is 18.2 Å². The molecule has 160 valence electrons. The molecule has 2 aromatic carbocycles. The van der Waals surface area contributed by atoms with E-state index in [-0.39, 0.29) is 46.8 Å². The molecule has 0 bridgehead atoms. The molecule has 5 nitrogen and oxygen atoms in total. The van der Waals surface area contributed by atoms with Gasteiger partial charge in [-0.2, -0.15) is 4.31 Å². The van der Waals surface area contributed by atoms with Gasteiger partial charge in [0.2, 0.25) is 10.0 Å². The maximum Gasteiger partial charge on any atom is 1.00 e. The third-order valence-corrected chi connectivity index (χ3v) is 7.38. The Morgan fingerprint density at radius 1 is 1.13 bits per heavy atom. The van der Waals surface area contributed by atoms with Crippen molar-refractivity contribution in [3.63, 3.8) is 0 Å². The van der Waals surface area contributed by atoms with Crippen molar-refractivity contribution < 1.29 is 52.3 Å². The summed E-state index contributed by atoms with van der Waals surface area (Å²) in [5, 5.41) is 11.1. The maximum atomic E-state index is 13.3. The molecular weight excluding hydrogens is 452 g/mol. The first-order valence-corrected chi connectivity index (χ1v) is 11.5. The van der Waals surface area contributed by atoms with E-state index in [0.29, 0.717) is 30.8 Å². The minimum atomic E-state index is -3.82. The molecule has 31 heavy (non-hydrogen) atoms. The molecule has 3 rings (SSSR count). The summed E-state index contributed by atoms with van der Waals surface area (Å²) in [6.45, 7) is 0.338. The van der Waals surface area contributed by atoms with Crippen molar-refractivity contribution in [1.82, 2.24) is 4.31 Å². The van der Waals surface area contributed by atoms with E-state index in [9.17, 15) is 22.7 Å². The van der Waals surface area contributed by atoms with Crippen molar-refractivity contribution in [2.24, 2.45) is 5.92 Å². The molecule has 0 N–H and O–H groups in total. The zero-order chi connectivity index (χ0) is 21.7. The molecule has 0 amide bonds. The monoisotopic (exact) mass is 473 g/mol. The SMILES string of the molecule is O=C([O-])CC/C=C\C[C@@H]1CCN(S(=O)(=O)c2ccc(F)cc2)[C@@H]1c1ccc(Cl)cc1.[Na+]. The molecule has 1 fully saturated rings. The molecule has 9 heteroatoms. The van der Waals surface area contributed by atoms with Crippen LogP contribution in [0.15, 0.2) is 65.6 Å². The van der Waals surface area contributed by atoms with Crippen molar-refractivity contribution in [2.45, 2.75) is 36.6 Å². The van der Waals surface area contributed by atoms with Crippen LogP contribution in [-0.2, 0) is 14.8 Å². The van der Waals surface area contributed by atoms with Gasteiger partial charge in [0.25, 0.3) is 0 Å². The van der Waals surface area contributed by atoms with Crippen molar-refractivity contribution in [3.05, 3.63) is 77.1 Å². The Balaban J connectivity index is 0.00000341. The van der Waals surface area contributed by atoms with Gasteiger partial charge in [0, 0.05) is 17.5 Å². The fourth-order valence-corrected chi connectivity index (χ4v) is 5.59. The third kappa shape index (κ3) is 6.63. The van der Waals surface area contributed by atoms with E-state index < -0.39 is 27.9 Å². The second-order valence-electron chi connectivity index (χ2n) is 7.23. The number of halogens is 2. The number of carbonyl (C=O) groups excluding carboxylic acids is 1. The Hall–Kier alpha value is -1.22. The Morgan fingerprint density at radius 3 is 2.39 bits per heavy atom. The number of rotatable bonds is 8. The van der Waals surface area contributed by atoms with Gasteiger partial charge in [-0.25, -0.2) is 12.8 Å². The van der Waals surface area contributed by atoms with Crippen LogP contribution in [-0.4, -0.2) is 25.2 Å². The van der Waals surface area contributed by atoms with E-state index in [1.165, 1.54) is 16.4 Å². The summed E-state index contributed by atoms with van der Waals surface area (Å²) in [5.74, 6) is -1.58. The largest absolute Gasteiger partial charge is 1.00 e. The van der Waals surface area contributed by atoms with Gasteiger partial charge in [-0.1, -0.05) is 35.9 Å². The standard InChI is InChI=1S/C22H23ClFNO4S.Na/c23-18-8-6-17(7-9-18)22-16(4-2-1-3-5-21(26)27)14-15-25(22)30(28,29)20-12-10-19(24)11-13-20;/h1-2,6-13,16,22H,3-5,14-15H2,(H,26,27);/q;+1/p-1/b2-1-;/t16-,22+;/m1./s1. The second kappa shape index (κ2) is 11.6. The molecule has 2 aromatic rings. The van der Waals surface area contributed by atoms with Crippen LogP contribution >= 0.6 is 11.6 Å². The molecular formula is C22H22ClFNNaO4S. The van der Waals surface area contributed by atoms with Gasteiger partial charge in [0.15, 0.2) is 0 Å². The van der Waals surface area contributed by atoms with Gasteiger partial charge in [0.1, 0.15) is 5.82 Å². The van der Waals surface area contributed by atoms with E-state index in [4.69, 9.17) is 11.6 Å². The summed E-state index contributed by atoms with van der Waals surface area (Å²) in [7, 11) is -3.82. The number of carboxylic acid groups (broad SMARTS) is 1. The van der Waals surface area contributed by atoms with E-state index in [1.807, 2.05) is 18.2 Å². The zero-order valence-electron chi connectivity index (χ0n) is 17.2. The molecule has 2 atom stereocenters. The number of hydrogen-bond donors (Lipinski definition) is 0. The van der Waals surface area contributed by atoms with Crippen LogP contribution < -0.4 is 34.7 Å². The molecule has 0 aliphatic carbocycles. The zero-order valence-corrected chi connectivity index (χ0v) is 20.8. The topological polar surface area (TPSA) is 77.5 Å². The first-order valence-electron chi connectivity index (χ1n) is 9.67. The van der Waals surface area contributed by atoms with Crippen molar-refractivity contribution >= 4 is 27.6 Å². The van der Waals surface area contributed by atoms with Crippen LogP contribution in [0.25, 0.3) is 0 Å². The Bertz CT molecular complexity index is 1010. The van der Waals surface area contributed by atoms with Crippen LogP contribution in [0, 0.1) is 11.7 Å². The Labute approximate surface area is 209 Å². The van der Waals surface area contributed by atoms with Crippen LogP contribution in [0.2, 0.25) is 5.02 Å². The quantitative estimate of drug-likeness (QED) is 0.418. The maximum absolute atomic E-state index is 13.3. The second-order valence-corrected chi connectivity index (χ2v) is 9.56. The van der Waals surface area contributed by atoms with Gasteiger partial charge < -0.3 is 9.90 Å². The molecule has 0 spiro atoms. The molecule has 1 aliphatic heterocycles. The van der Waals surface area contributed by atoms with Gasteiger partial charge in [0.05, 0.1) is 10.9 Å². The molecule has 1 aliphatic rings. The smallest absolute Gasteiger partial charge is 0.550 e. The van der Waals surface area contributed by atoms with Crippen molar-refractivity contribution in [1.29, 1.82) is 0 Å². The molecule has 0 unspecified atom stereocenters. The normalized spacial score (nSPS) is 19.4. The number of aliphatic carboxylic acids is 1. The number of carbonyl (C=O) groups is 1.